The van der Waals surface area contributed by atoms with Crippen LogP contribution in [0.4, 0.5) is 0 Å². The van der Waals surface area contributed by atoms with Crippen LogP contribution in [0.1, 0.15) is 19.8 Å². The molecular formula is C11H14INO3S. The second-order valence-corrected chi connectivity index (χ2v) is 7.34. The van der Waals surface area contributed by atoms with Gasteiger partial charge in [0, 0.05) is 0 Å². The number of pyridine rings is 1. The maximum Gasteiger partial charge on any atom is 0.195 e. The van der Waals surface area contributed by atoms with Gasteiger partial charge in [0.2, 0.25) is 0 Å². The molecule has 0 atom stereocenters. The van der Waals surface area contributed by atoms with Gasteiger partial charge in [0.15, 0.2) is 20.6 Å². The smallest absolute Gasteiger partial charge is 0.195 e. The van der Waals surface area contributed by atoms with Gasteiger partial charge in [-0.05, 0) is 53.5 Å². The van der Waals surface area contributed by atoms with Crippen molar-refractivity contribution in [3.63, 3.8) is 0 Å². The van der Waals surface area contributed by atoms with E-state index in [-0.39, 0.29) is 10.8 Å². The van der Waals surface area contributed by atoms with Gasteiger partial charge in [0.1, 0.15) is 3.70 Å². The Hall–Kier alpha value is -0.370. The summed E-state index contributed by atoms with van der Waals surface area (Å²) >= 11 is 2.01. The predicted molar refractivity (Wildman–Crippen MR) is 72.9 cm³/mol. The third-order valence-corrected chi connectivity index (χ3v) is 5.06. The second kappa shape index (κ2) is 5.09. The molecule has 0 spiro atoms. The summed E-state index contributed by atoms with van der Waals surface area (Å²) < 4.78 is 29.5. The molecule has 2 rings (SSSR count). The summed E-state index contributed by atoms with van der Waals surface area (Å²) in [6, 6.07) is 3.21. The van der Waals surface area contributed by atoms with E-state index in [9.17, 15) is 8.42 Å². The van der Waals surface area contributed by atoms with Gasteiger partial charge in [-0.15, -0.1) is 0 Å². The minimum Gasteiger partial charge on any atom is -0.491 e. The number of sulfone groups is 1. The summed E-state index contributed by atoms with van der Waals surface area (Å²) in [5.74, 6) is 1.41. The van der Waals surface area contributed by atoms with Crippen LogP contribution >= 0.6 is 22.6 Å². The summed E-state index contributed by atoms with van der Waals surface area (Å²) in [5.41, 5.74) is 0. The molecule has 0 bridgehead atoms. The third kappa shape index (κ3) is 3.31. The van der Waals surface area contributed by atoms with Crippen LogP contribution in [-0.2, 0) is 9.84 Å². The quantitative estimate of drug-likeness (QED) is 0.592. The molecule has 1 heterocycles. The van der Waals surface area contributed by atoms with Crippen LogP contribution in [-0.4, -0.2) is 25.8 Å². The monoisotopic (exact) mass is 367 g/mol. The Morgan fingerprint density at radius 1 is 1.47 bits per heavy atom. The number of aromatic nitrogens is 1. The highest BCUT2D eigenvalue weighted by Crippen LogP contribution is 2.30. The van der Waals surface area contributed by atoms with Crippen molar-refractivity contribution >= 4 is 32.4 Å². The van der Waals surface area contributed by atoms with Crippen LogP contribution in [0.15, 0.2) is 17.2 Å². The SMILES string of the molecule is CCS(=O)(=O)c1ccc(OCC2CC2)c(I)n1. The molecule has 17 heavy (non-hydrogen) atoms. The first-order valence-electron chi connectivity index (χ1n) is 5.55. The average molecular weight is 367 g/mol. The molecule has 1 aromatic heterocycles. The molecule has 0 aliphatic heterocycles. The fourth-order valence-electron chi connectivity index (χ4n) is 1.33. The van der Waals surface area contributed by atoms with E-state index in [1.165, 1.54) is 18.9 Å². The van der Waals surface area contributed by atoms with Crippen molar-refractivity contribution in [2.24, 2.45) is 5.92 Å². The number of ether oxygens (including phenoxy) is 1. The van der Waals surface area contributed by atoms with E-state index in [4.69, 9.17) is 4.74 Å². The van der Waals surface area contributed by atoms with E-state index in [0.29, 0.717) is 22.0 Å². The first kappa shape index (κ1) is 13.1. The molecule has 1 saturated carbocycles. The third-order valence-electron chi connectivity index (χ3n) is 2.66. The molecule has 94 valence electrons. The lowest BCUT2D eigenvalue weighted by Gasteiger charge is -2.08. The van der Waals surface area contributed by atoms with Crippen LogP contribution in [0.2, 0.25) is 0 Å². The van der Waals surface area contributed by atoms with E-state index < -0.39 is 9.84 Å². The van der Waals surface area contributed by atoms with E-state index in [0.717, 1.165) is 0 Å². The molecule has 0 amide bonds. The summed E-state index contributed by atoms with van der Waals surface area (Å²) in [5, 5.41) is 0.128. The van der Waals surface area contributed by atoms with E-state index in [2.05, 4.69) is 4.98 Å². The van der Waals surface area contributed by atoms with Crippen molar-refractivity contribution in [2.75, 3.05) is 12.4 Å². The molecule has 1 aromatic rings. The number of nitrogens with zero attached hydrogens (tertiary/aromatic N) is 1. The van der Waals surface area contributed by atoms with Gasteiger partial charge >= 0.3 is 0 Å². The van der Waals surface area contributed by atoms with Gasteiger partial charge in [-0.3, -0.25) is 0 Å². The summed E-state index contributed by atoms with van der Waals surface area (Å²) in [6.45, 7) is 2.32. The molecule has 0 aromatic carbocycles. The zero-order valence-electron chi connectivity index (χ0n) is 9.52. The lowest BCUT2D eigenvalue weighted by atomic mass is 10.4. The van der Waals surface area contributed by atoms with Gasteiger partial charge < -0.3 is 4.74 Å². The van der Waals surface area contributed by atoms with Crippen molar-refractivity contribution in [1.29, 1.82) is 0 Å². The lowest BCUT2D eigenvalue weighted by Crippen LogP contribution is -2.08. The minimum atomic E-state index is -3.23. The Kier molecular flexibility index (Phi) is 3.92. The van der Waals surface area contributed by atoms with Crippen molar-refractivity contribution < 1.29 is 13.2 Å². The molecular weight excluding hydrogens is 353 g/mol. The number of rotatable bonds is 5. The zero-order chi connectivity index (χ0) is 12.5. The van der Waals surface area contributed by atoms with Gasteiger partial charge in [-0.1, -0.05) is 6.92 Å². The first-order chi connectivity index (χ1) is 8.03. The number of halogens is 1. The fraction of sp³-hybridized carbons (Fsp3) is 0.545. The average Bonchev–Trinajstić information content (AvgIpc) is 3.11. The number of hydrogen-bond donors (Lipinski definition) is 0. The van der Waals surface area contributed by atoms with E-state index in [1.54, 1.807) is 13.0 Å². The summed E-state index contributed by atoms with van der Waals surface area (Å²) in [6.07, 6.45) is 2.46. The molecule has 4 nitrogen and oxygen atoms in total. The second-order valence-electron chi connectivity index (χ2n) is 4.10. The van der Waals surface area contributed by atoms with E-state index >= 15 is 0 Å². The van der Waals surface area contributed by atoms with Crippen molar-refractivity contribution in [2.45, 2.75) is 24.8 Å². The normalized spacial score (nSPS) is 15.9. The van der Waals surface area contributed by atoms with Crippen LogP contribution in [0, 0.1) is 9.62 Å². The van der Waals surface area contributed by atoms with Crippen LogP contribution in [0.5, 0.6) is 5.75 Å². The van der Waals surface area contributed by atoms with Crippen LogP contribution < -0.4 is 4.74 Å². The number of hydrogen-bond acceptors (Lipinski definition) is 4. The Morgan fingerprint density at radius 2 is 2.18 bits per heavy atom. The van der Waals surface area contributed by atoms with E-state index in [1.807, 2.05) is 22.6 Å². The summed E-state index contributed by atoms with van der Waals surface area (Å²) in [4.78, 5) is 4.09. The molecule has 6 heteroatoms. The summed E-state index contributed by atoms with van der Waals surface area (Å²) in [7, 11) is -3.23. The molecule has 0 unspecified atom stereocenters. The Morgan fingerprint density at radius 3 is 2.71 bits per heavy atom. The minimum absolute atomic E-state index is 0.0678. The topological polar surface area (TPSA) is 56.3 Å². The maximum absolute atomic E-state index is 11.6. The molecule has 1 aliphatic rings. The highest BCUT2D eigenvalue weighted by molar-refractivity contribution is 14.1. The van der Waals surface area contributed by atoms with Gasteiger partial charge in [0.25, 0.3) is 0 Å². The maximum atomic E-state index is 11.6. The van der Waals surface area contributed by atoms with Crippen LogP contribution in [0.25, 0.3) is 0 Å². The highest BCUT2D eigenvalue weighted by atomic mass is 127. The van der Waals surface area contributed by atoms with Gasteiger partial charge in [-0.2, -0.15) is 0 Å². The molecule has 0 saturated heterocycles. The predicted octanol–water partition coefficient (Wildman–Crippen LogP) is 2.27. The fourth-order valence-corrected chi connectivity index (χ4v) is 2.89. The Bertz CT molecular complexity index is 511. The van der Waals surface area contributed by atoms with Gasteiger partial charge in [-0.25, -0.2) is 13.4 Å². The Labute approximate surface area is 115 Å². The van der Waals surface area contributed by atoms with Crippen molar-refractivity contribution in [1.82, 2.24) is 4.98 Å². The highest BCUT2D eigenvalue weighted by Gasteiger charge is 2.23. The molecule has 0 N–H and O–H groups in total. The van der Waals surface area contributed by atoms with Crippen molar-refractivity contribution in [3.8, 4) is 5.75 Å². The van der Waals surface area contributed by atoms with Crippen LogP contribution in [0.3, 0.4) is 0 Å². The standard InChI is InChI=1S/C11H14INO3S/c1-2-17(14,15)10-6-5-9(11(12)13-10)16-7-8-3-4-8/h5-6,8H,2-4,7H2,1H3. The van der Waals surface area contributed by atoms with Gasteiger partial charge in [0.05, 0.1) is 12.4 Å². The van der Waals surface area contributed by atoms with Crippen molar-refractivity contribution in [3.05, 3.63) is 15.8 Å². The molecule has 1 fully saturated rings. The zero-order valence-corrected chi connectivity index (χ0v) is 12.5. The Balaban J connectivity index is 2.15. The molecule has 1 aliphatic carbocycles. The first-order valence-corrected chi connectivity index (χ1v) is 8.28. The lowest BCUT2D eigenvalue weighted by molar-refractivity contribution is 0.296. The molecule has 0 radical (unpaired) electrons. The largest absolute Gasteiger partial charge is 0.491 e.